The highest BCUT2D eigenvalue weighted by Crippen LogP contribution is 2.46. The van der Waals surface area contributed by atoms with E-state index >= 15 is 0 Å². The van der Waals surface area contributed by atoms with Gasteiger partial charge in [-0.1, -0.05) is 72.4 Å². The maximum absolute atomic E-state index is 12.4. The van der Waals surface area contributed by atoms with Crippen LogP contribution in [0.3, 0.4) is 0 Å². The number of aryl methyl sites for hydroxylation is 1. The molecule has 3 aromatic carbocycles. The number of ketones is 1. The van der Waals surface area contributed by atoms with E-state index in [2.05, 4.69) is 30.4 Å². The molecule has 0 radical (unpaired) electrons. The van der Waals surface area contributed by atoms with Crippen molar-refractivity contribution in [2.24, 2.45) is 0 Å². The number of hydrogen-bond donors (Lipinski definition) is 1. The Morgan fingerprint density at radius 1 is 1.04 bits per heavy atom. The van der Waals surface area contributed by atoms with Gasteiger partial charge in [-0.25, -0.2) is 0 Å². The monoisotopic (exact) mass is 317 g/mol. The van der Waals surface area contributed by atoms with E-state index in [1.54, 1.807) is 17.8 Å². The minimum Gasteiger partial charge on any atom is -0.348 e. The maximum atomic E-state index is 12.4. The van der Waals surface area contributed by atoms with Crippen LogP contribution in [0.4, 0.5) is 5.69 Å². The number of hydrogen-bond acceptors (Lipinski definition) is 3. The van der Waals surface area contributed by atoms with Crippen LogP contribution >= 0.6 is 11.8 Å². The van der Waals surface area contributed by atoms with E-state index in [9.17, 15) is 4.79 Å². The Labute approximate surface area is 139 Å². The smallest absolute Gasteiger partial charge is 0.188 e. The molecule has 0 atom stereocenters. The fourth-order valence-corrected chi connectivity index (χ4v) is 3.88. The van der Waals surface area contributed by atoms with E-state index in [4.69, 9.17) is 0 Å². The van der Waals surface area contributed by atoms with E-state index in [0.717, 1.165) is 10.7 Å². The number of anilines is 1. The predicted molar refractivity (Wildman–Crippen MR) is 97.0 cm³/mol. The van der Waals surface area contributed by atoms with Crippen molar-refractivity contribution in [3.63, 3.8) is 0 Å². The topological polar surface area (TPSA) is 29.1 Å². The molecule has 3 heteroatoms. The molecule has 3 aromatic rings. The van der Waals surface area contributed by atoms with E-state index in [-0.39, 0.29) is 5.78 Å². The van der Waals surface area contributed by atoms with Crippen molar-refractivity contribution in [3.05, 3.63) is 82.9 Å². The summed E-state index contributed by atoms with van der Waals surface area (Å²) in [5.41, 5.74) is 3.05. The summed E-state index contributed by atoms with van der Waals surface area (Å²) in [7, 11) is 0. The number of fused-ring (bicyclic) bond motifs is 3. The van der Waals surface area contributed by atoms with Crippen molar-refractivity contribution in [1.82, 2.24) is 0 Å². The van der Waals surface area contributed by atoms with Gasteiger partial charge in [0.25, 0.3) is 0 Å². The minimum atomic E-state index is 0.0235. The quantitative estimate of drug-likeness (QED) is 0.507. The zero-order valence-electron chi connectivity index (χ0n) is 12.7. The van der Waals surface area contributed by atoms with Gasteiger partial charge in [0, 0.05) is 21.9 Å². The molecule has 1 aliphatic heterocycles. The average Bonchev–Trinajstić information content (AvgIpc) is 3.00. The highest BCUT2D eigenvalue weighted by atomic mass is 32.2. The molecule has 4 rings (SSSR count). The number of thioether (sulfide) groups is 1. The normalized spacial score (nSPS) is 14.7. The molecule has 1 heterocycles. The Bertz CT molecular complexity index is 945. The van der Waals surface area contributed by atoms with Gasteiger partial charge in [0.15, 0.2) is 5.78 Å². The molecular weight excluding hydrogens is 302 g/mol. The molecule has 1 N–H and O–H groups in total. The highest BCUT2D eigenvalue weighted by molar-refractivity contribution is 8.03. The number of allylic oxidation sites excluding steroid dienone is 1. The Morgan fingerprint density at radius 2 is 1.78 bits per heavy atom. The Hall–Kier alpha value is -2.52. The number of rotatable bonds is 2. The zero-order chi connectivity index (χ0) is 15.8. The summed E-state index contributed by atoms with van der Waals surface area (Å²) in [6.07, 6.45) is 1.69. The Kier molecular flexibility index (Phi) is 3.43. The molecular formula is C20H15NOS. The summed E-state index contributed by atoms with van der Waals surface area (Å²) < 4.78 is 0. The van der Waals surface area contributed by atoms with E-state index in [1.165, 1.54) is 21.2 Å². The van der Waals surface area contributed by atoms with Crippen LogP contribution in [0, 0.1) is 6.92 Å². The summed E-state index contributed by atoms with van der Waals surface area (Å²) in [6.45, 7) is 2.11. The summed E-state index contributed by atoms with van der Waals surface area (Å²) in [4.78, 5) is 13.6. The summed E-state index contributed by atoms with van der Waals surface area (Å²) in [5, 5.41) is 6.71. The van der Waals surface area contributed by atoms with E-state index in [1.807, 2.05) is 42.5 Å². The van der Waals surface area contributed by atoms with Gasteiger partial charge in [0.05, 0.1) is 10.7 Å². The second-order valence-electron chi connectivity index (χ2n) is 5.58. The molecule has 0 unspecified atom stereocenters. The number of benzene rings is 3. The second-order valence-corrected chi connectivity index (χ2v) is 6.64. The fraction of sp³-hybridized carbons (Fsp3) is 0.0500. The van der Waals surface area contributed by atoms with Crippen LogP contribution in [-0.2, 0) is 0 Å². The molecule has 0 aromatic heterocycles. The van der Waals surface area contributed by atoms with Crippen molar-refractivity contribution in [2.75, 3.05) is 5.32 Å². The fourth-order valence-electron chi connectivity index (χ4n) is 2.85. The molecule has 0 saturated carbocycles. The van der Waals surface area contributed by atoms with Crippen molar-refractivity contribution in [3.8, 4) is 0 Å². The molecule has 0 spiro atoms. The van der Waals surface area contributed by atoms with Crippen LogP contribution in [0.1, 0.15) is 15.9 Å². The molecule has 0 saturated heterocycles. The number of carbonyl (C=O) groups is 1. The third-order valence-corrected chi connectivity index (χ3v) is 5.14. The molecule has 0 fully saturated rings. The Morgan fingerprint density at radius 3 is 2.61 bits per heavy atom. The second kappa shape index (κ2) is 5.60. The van der Waals surface area contributed by atoms with E-state index < -0.39 is 0 Å². The highest BCUT2D eigenvalue weighted by Gasteiger charge is 2.21. The SMILES string of the molecule is Cc1cc2ccccc2c2c1SC(=CC(=O)c1ccccc1)N2. The van der Waals surface area contributed by atoms with Crippen LogP contribution in [-0.4, -0.2) is 5.78 Å². The van der Waals surface area contributed by atoms with Crippen LogP contribution < -0.4 is 5.32 Å². The van der Waals surface area contributed by atoms with Gasteiger partial charge in [-0.3, -0.25) is 4.79 Å². The summed E-state index contributed by atoms with van der Waals surface area (Å²) >= 11 is 1.63. The first-order chi connectivity index (χ1) is 11.2. The van der Waals surface area contributed by atoms with Gasteiger partial charge in [-0.15, -0.1) is 0 Å². The van der Waals surface area contributed by atoms with Gasteiger partial charge < -0.3 is 5.32 Å². The van der Waals surface area contributed by atoms with Crippen LogP contribution in [0.25, 0.3) is 10.8 Å². The van der Waals surface area contributed by atoms with Gasteiger partial charge in [-0.05, 0) is 17.9 Å². The third kappa shape index (κ3) is 2.53. The maximum Gasteiger partial charge on any atom is 0.188 e. The van der Waals surface area contributed by atoms with E-state index in [0.29, 0.717) is 5.56 Å². The first-order valence-corrected chi connectivity index (χ1v) is 8.32. The number of nitrogens with one attached hydrogen (secondary N) is 1. The van der Waals surface area contributed by atoms with Gasteiger partial charge in [0.1, 0.15) is 0 Å². The molecule has 0 bridgehead atoms. The molecule has 112 valence electrons. The molecule has 1 aliphatic rings. The first-order valence-electron chi connectivity index (χ1n) is 7.51. The predicted octanol–water partition coefficient (Wildman–Crippen LogP) is 5.39. The Balaban J connectivity index is 1.73. The van der Waals surface area contributed by atoms with Crippen molar-refractivity contribution in [1.29, 1.82) is 0 Å². The first kappa shape index (κ1) is 14.1. The lowest BCUT2D eigenvalue weighted by atomic mass is 10.1. The van der Waals surface area contributed by atoms with Crippen molar-refractivity contribution < 1.29 is 4.79 Å². The lowest BCUT2D eigenvalue weighted by Crippen LogP contribution is -1.98. The molecule has 23 heavy (non-hydrogen) atoms. The van der Waals surface area contributed by atoms with Crippen molar-refractivity contribution >= 4 is 34.0 Å². The molecule has 0 aliphatic carbocycles. The van der Waals surface area contributed by atoms with Crippen LogP contribution in [0.2, 0.25) is 0 Å². The lowest BCUT2D eigenvalue weighted by Gasteiger charge is -2.07. The van der Waals surface area contributed by atoms with Crippen molar-refractivity contribution in [2.45, 2.75) is 11.8 Å². The van der Waals surface area contributed by atoms with Gasteiger partial charge in [-0.2, -0.15) is 0 Å². The molecule has 2 nitrogen and oxygen atoms in total. The largest absolute Gasteiger partial charge is 0.348 e. The summed E-state index contributed by atoms with van der Waals surface area (Å²) in [5.74, 6) is 0.0235. The van der Waals surface area contributed by atoms with Crippen LogP contribution in [0.15, 0.2) is 76.7 Å². The van der Waals surface area contributed by atoms with Crippen LogP contribution in [0.5, 0.6) is 0 Å². The lowest BCUT2D eigenvalue weighted by molar-refractivity contribution is 0.104. The average molecular weight is 317 g/mol. The third-order valence-electron chi connectivity index (χ3n) is 3.97. The minimum absolute atomic E-state index is 0.0235. The zero-order valence-corrected chi connectivity index (χ0v) is 13.5. The van der Waals surface area contributed by atoms with Gasteiger partial charge in [0.2, 0.25) is 0 Å². The number of carbonyl (C=O) groups excluding carboxylic acids is 1. The summed E-state index contributed by atoms with van der Waals surface area (Å²) in [6, 6.07) is 19.9. The van der Waals surface area contributed by atoms with Gasteiger partial charge >= 0.3 is 0 Å². The molecule has 0 amide bonds. The standard InChI is InChI=1S/C20H15NOS/c1-13-11-15-9-5-6-10-16(15)19-20(13)23-18(21-19)12-17(22)14-7-3-2-4-8-14/h2-12,21H,1H3.